The molecule has 0 spiro atoms. The van der Waals surface area contributed by atoms with Gasteiger partial charge in [0, 0.05) is 16.6 Å². The molecule has 98 valence electrons. The van der Waals surface area contributed by atoms with Gasteiger partial charge >= 0.3 is 0 Å². The highest BCUT2D eigenvalue weighted by Gasteiger charge is 2.24. The van der Waals surface area contributed by atoms with Crippen molar-refractivity contribution in [3.05, 3.63) is 28.8 Å². The van der Waals surface area contributed by atoms with Gasteiger partial charge in [0.05, 0.1) is 0 Å². The molecule has 1 aromatic rings. The second-order valence-corrected chi connectivity index (χ2v) is 5.82. The van der Waals surface area contributed by atoms with Gasteiger partial charge in [0.2, 0.25) is 5.91 Å². The summed E-state index contributed by atoms with van der Waals surface area (Å²) in [6, 6.07) is 5.66. The summed E-state index contributed by atoms with van der Waals surface area (Å²) in [7, 11) is 0. The van der Waals surface area contributed by atoms with Crippen LogP contribution >= 0.6 is 11.6 Å². The molecule has 0 atom stereocenters. The quantitative estimate of drug-likeness (QED) is 0.843. The van der Waals surface area contributed by atoms with Crippen LogP contribution in [0, 0.1) is 18.8 Å². The molecule has 0 aliphatic heterocycles. The first-order chi connectivity index (χ1) is 8.56. The molecule has 18 heavy (non-hydrogen) atoms. The van der Waals surface area contributed by atoms with Crippen molar-refractivity contribution < 1.29 is 4.79 Å². The summed E-state index contributed by atoms with van der Waals surface area (Å²) in [5.74, 6) is 1.07. The van der Waals surface area contributed by atoms with Crippen molar-refractivity contribution in [3.8, 4) is 0 Å². The van der Waals surface area contributed by atoms with Crippen LogP contribution in [0.1, 0.15) is 38.2 Å². The highest BCUT2D eigenvalue weighted by atomic mass is 35.5. The first kappa shape index (κ1) is 13.4. The van der Waals surface area contributed by atoms with Gasteiger partial charge in [-0.2, -0.15) is 0 Å². The summed E-state index contributed by atoms with van der Waals surface area (Å²) < 4.78 is 0. The van der Waals surface area contributed by atoms with Gasteiger partial charge in [0.1, 0.15) is 0 Å². The molecular formula is C15H20ClNO. The Bertz CT molecular complexity index is 436. The lowest BCUT2D eigenvalue weighted by atomic mass is 9.82. The van der Waals surface area contributed by atoms with Crippen molar-refractivity contribution in [2.45, 2.75) is 39.5 Å². The van der Waals surface area contributed by atoms with Crippen LogP contribution in [0.4, 0.5) is 5.69 Å². The van der Waals surface area contributed by atoms with Crippen molar-refractivity contribution in [2.75, 3.05) is 5.32 Å². The molecule has 1 N–H and O–H groups in total. The predicted molar refractivity (Wildman–Crippen MR) is 75.9 cm³/mol. The fourth-order valence-corrected chi connectivity index (χ4v) is 2.62. The van der Waals surface area contributed by atoms with E-state index < -0.39 is 0 Å². The highest BCUT2D eigenvalue weighted by Crippen LogP contribution is 2.29. The van der Waals surface area contributed by atoms with E-state index in [2.05, 4.69) is 12.2 Å². The van der Waals surface area contributed by atoms with E-state index in [-0.39, 0.29) is 11.8 Å². The van der Waals surface area contributed by atoms with Crippen molar-refractivity contribution in [1.29, 1.82) is 0 Å². The van der Waals surface area contributed by atoms with Crippen LogP contribution in [0.2, 0.25) is 5.02 Å². The molecule has 0 radical (unpaired) electrons. The van der Waals surface area contributed by atoms with Crippen LogP contribution in [-0.2, 0) is 4.79 Å². The molecule has 0 saturated heterocycles. The lowest BCUT2D eigenvalue weighted by Gasteiger charge is -2.25. The topological polar surface area (TPSA) is 29.1 Å². The van der Waals surface area contributed by atoms with Crippen LogP contribution in [0.25, 0.3) is 0 Å². The lowest BCUT2D eigenvalue weighted by Crippen LogP contribution is -2.26. The zero-order valence-corrected chi connectivity index (χ0v) is 11.8. The fourth-order valence-electron chi connectivity index (χ4n) is 2.44. The summed E-state index contributed by atoms with van der Waals surface area (Å²) in [5, 5.41) is 3.67. The molecule has 2 nitrogen and oxygen atoms in total. The molecule has 1 aliphatic carbocycles. The molecule has 0 heterocycles. The van der Waals surface area contributed by atoms with E-state index in [1.807, 2.05) is 25.1 Å². The SMILES string of the molecule is Cc1ccc(NC(=O)C2CCC(C)CC2)cc1Cl. The maximum absolute atomic E-state index is 12.1. The monoisotopic (exact) mass is 265 g/mol. The third-order valence-electron chi connectivity index (χ3n) is 3.83. The number of rotatable bonds is 2. The normalized spacial score (nSPS) is 23.7. The average molecular weight is 266 g/mol. The second-order valence-electron chi connectivity index (χ2n) is 5.41. The molecule has 1 fully saturated rings. The number of benzene rings is 1. The Kier molecular flexibility index (Phi) is 4.28. The van der Waals surface area contributed by atoms with Gasteiger partial charge in [0.25, 0.3) is 0 Å². The standard InChI is InChI=1S/C15H20ClNO/c1-10-3-6-12(7-4-10)15(18)17-13-8-5-11(2)14(16)9-13/h5,8-10,12H,3-4,6-7H2,1-2H3,(H,17,18). The molecule has 0 aromatic heterocycles. The fraction of sp³-hybridized carbons (Fsp3) is 0.533. The van der Waals surface area contributed by atoms with Gasteiger partial charge in [-0.15, -0.1) is 0 Å². The van der Waals surface area contributed by atoms with Gasteiger partial charge in [0.15, 0.2) is 0 Å². The van der Waals surface area contributed by atoms with Gasteiger partial charge in [-0.1, -0.05) is 24.6 Å². The van der Waals surface area contributed by atoms with Crippen LogP contribution in [0.5, 0.6) is 0 Å². The minimum atomic E-state index is 0.141. The van der Waals surface area contributed by atoms with E-state index in [4.69, 9.17) is 11.6 Å². The Morgan fingerprint density at radius 3 is 2.56 bits per heavy atom. The number of hydrogen-bond acceptors (Lipinski definition) is 1. The number of nitrogens with one attached hydrogen (secondary N) is 1. The molecule has 1 aliphatic rings. The number of aryl methyl sites for hydroxylation is 1. The third-order valence-corrected chi connectivity index (χ3v) is 4.23. The smallest absolute Gasteiger partial charge is 0.227 e. The van der Waals surface area contributed by atoms with Gasteiger partial charge in [-0.05, 0) is 56.2 Å². The third kappa shape index (κ3) is 3.26. The number of halogens is 1. The Labute approximate surface area is 114 Å². The van der Waals surface area contributed by atoms with E-state index in [1.54, 1.807) is 0 Å². The van der Waals surface area contributed by atoms with Crippen molar-refractivity contribution >= 4 is 23.2 Å². The molecule has 2 rings (SSSR count). The van der Waals surface area contributed by atoms with Gasteiger partial charge in [-0.3, -0.25) is 4.79 Å². The molecule has 0 bridgehead atoms. The summed E-state index contributed by atoms with van der Waals surface area (Å²) in [4.78, 5) is 12.1. The Hall–Kier alpha value is -1.02. The lowest BCUT2D eigenvalue weighted by molar-refractivity contribution is -0.121. The minimum Gasteiger partial charge on any atom is -0.326 e. The van der Waals surface area contributed by atoms with E-state index >= 15 is 0 Å². The summed E-state index contributed by atoms with van der Waals surface area (Å²) in [6.45, 7) is 4.21. The largest absolute Gasteiger partial charge is 0.326 e. The van der Waals surface area contributed by atoms with Crippen LogP contribution in [-0.4, -0.2) is 5.91 Å². The average Bonchev–Trinajstić information content (AvgIpc) is 2.34. The molecule has 1 saturated carbocycles. The van der Waals surface area contributed by atoms with Crippen molar-refractivity contribution in [1.82, 2.24) is 0 Å². The molecule has 0 unspecified atom stereocenters. The van der Waals surface area contributed by atoms with Gasteiger partial charge < -0.3 is 5.32 Å². The van der Waals surface area contributed by atoms with Crippen LogP contribution < -0.4 is 5.32 Å². The maximum Gasteiger partial charge on any atom is 0.227 e. The van der Waals surface area contributed by atoms with E-state index in [0.717, 1.165) is 42.9 Å². The number of amides is 1. The van der Waals surface area contributed by atoms with Crippen LogP contribution in [0.15, 0.2) is 18.2 Å². The molecule has 1 amide bonds. The van der Waals surface area contributed by atoms with E-state index in [9.17, 15) is 4.79 Å². The minimum absolute atomic E-state index is 0.141. The molecule has 3 heteroatoms. The Balaban J connectivity index is 1.96. The van der Waals surface area contributed by atoms with E-state index in [0.29, 0.717) is 5.02 Å². The van der Waals surface area contributed by atoms with Crippen LogP contribution in [0.3, 0.4) is 0 Å². The predicted octanol–water partition coefficient (Wildman–Crippen LogP) is 4.41. The zero-order chi connectivity index (χ0) is 13.1. The first-order valence-electron chi connectivity index (χ1n) is 6.63. The highest BCUT2D eigenvalue weighted by molar-refractivity contribution is 6.31. The van der Waals surface area contributed by atoms with Gasteiger partial charge in [-0.25, -0.2) is 0 Å². The van der Waals surface area contributed by atoms with Crippen molar-refractivity contribution in [3.63, 3.8) is 0 Å². The number of hydrogen-bond donors (Lipinski definition) is 1. The number of anilines is 1. The van der Waals surface area contributed by atoms with E-state index in [1.165, 1.54) is 0 Å². The zero-order valence-electron chi connectivity index (χ0n) is 11.0. The Morgan fingerprint density at radius 2 is 1.94 bits per heavy atom. The number of carbonyl (C=O) groups is 1. The van der Waals surface area contributed by atoms with Crippen molar-refractivity contribution in [2.24, 2.45) is 11.8 Å². The Morgan fingerprint density at radius 1 is 1.28 bits per heavy atom. The number of carbonyl (C=O) groups excluding carboxylic acids is 1. The first-order valence-corrected chi connectivity index (χ1v) is 7.01. The summed E-state index contributed by atoms with van der Waals surface area (Å²) in [5.41, 5.74) is 1.83. The second kappa shape index (κ2) is 5.75. The molecular weight excluding hydrogens is 246 g/mol. The summed E-state index contributed by atoms with van der Waals surface area (Å²) in [6.07, 6.45) is 4.33. The molecule has 1 aromatic carbocycles. The summed E-state index contributed by atoms with van der Waals surface area (Å²) >= 11 is 6.05. The maximum atomic E-state index is 12.1.